The van der Waals surface area contributed by atoms with E-state index < -0.39 is 0 Å². The topological polar surface area (TPSA) is 15.8 Å². The Bertz CT molecular complexity index is 610. The van der Waals surface area contributed by atoms with Gasteiger partial charge in [0.05, 0.1) is 5.02 Å². The lowest BCUT2D eigenvalue weighted by Gasteiger charge is -1.93. The fraction of sp³-hybridized carbons (Fsp3) is 0. The molecule has 0 aliphatic heterocycles. The molecule has 0 saturated carbocycles. The van der Waals surface area contributed by atoms with Crippen molar-refractivity contribution in [3.05, 3.63) is 47.5 Å². The molecule has 0 amide bonds. The Morgan fingerprint density at radius 1 is 0.857 bits per heavy atom. The summed E-state index contributed by atoms with van der Waals surface area (Å²) in [5.41, 5.74) is 2.23. The third kappa shape index (κ3) is 0.962. The van der Waals surface area contributed by atoms with Gasteiger partial charge in [-0.15, -0.1) is 0 Å². The maximum atomic E-state index is 6.16. The molecular formula is C12H8ClN. The molecule has 1 N–H and O–H groups in total. The highest BCUT2D eigenvalue weighted by Gasteiger charge is 2.05. The van der Waals surface area contributed by atoms with Gasteiger partial charge in [-0.2, -0.15) is 0 Å². The SMILES string of the molecule is Clc1cccc2[nH]c3ccccc3c12. The van der Waals surface area contributed by atoms with Gasteiger partial charge in [-0.05, 0) is 18.2 Å². The minimum atomic E-state index is 0.806. The van der Waals surface area contributed by atoms with E-state index in [1.165, 1.54) is 5.39 Å². The molecule has 1 nitrogen and oxygen atoms in total. The molecule has 14 heavy (non-hydrogen) atoms. The lowest BCUT2D eigenvalue weighted by molar-refractivity contribution is 1.55. The maximum absolute atomic E-state index is 6.16. The first-order valence-corrected chi connectivity index (χ1v) is 4.89. The third-order valence-corrected chi connectivity index (χ3v) is 2.79. The van der Waals surface area contributed by atoms with Crippen LogP contribution in [0.4, 0.5) is 0 Å². The van der Waals surface area contributed by atoms with Crippen molar-refractivity contribution in [3.8, 4) is 0 Å². The van der Waals surface area contributed by atoms with Crippen molar-refractivity contribution >= 4 is 33.4 Å². The van der Waals surface area contributed by atoms with Gasteiger partial charge in [-0.25, -0.2) is 0 Å². The van der Waals surface area contributed by atoms with Crippen molar-refractivity contribution < 1.29 is 0 Å². The Morgan fingerprint density at radius 3 is 2.57 bits per heavy atom. The number of halogens is 1. The first-order valence-electron chi connectivity index (χ1n) is 4.51. The van der Waals surface area contributed by atoms with Gasteiger partial charge in [0.25, 0.3) is 0 Å². The van der Waals surface area contributed by atoms with Crippen LogP contribution >= 0.6 is 11.6 Å². The van der Waals surface area contributed by atoms with Crippen molar-refractivity contribution in [2.75, 3.05) is 0 Å². The molecule has 0 radical (unpaired) electrons. The van der Waals surface area contributed by atoms with E-state index in [4.69, 9.17) is 11.6 Å². The molecule has 68 valence electrons. The predicted octanol–water partition coefficient (Wildman–Crippen LogP) is 3.97. The zero-order valence-corrected chi connectivity index (χ0v) is 8.18. The van der Waals surface area contributed by atoms with Gasteiger partial charge in [0.15, 0.2) is 0 Å². The smallest absolute Gasteiger partial charge is 0.0506 e. The van der Waals surface area contributed by atoms with Crippen LogP contribution in [0.3, 0.4) is 0 Å². The van der Waals surface area contributed by atoms with Crippen molar-refractivity contribution in [1.82, 2.24) is 4.98 Å². The summed E-state index contributed by atoms with van der Waals surface area (Å²) in [6.07, 6.45) is 0. The van der Waals surface area contributed by atoms with Gasteiger partial charge in [0, 0.05) is 21.8 Å². The van der Waals surface area contributed by atoms with Crippen molar-refractivity contribution in [3.63, 3.8) is 0 Å². The van der Waals surface area contributed by atoms with E-state index in [9.17, 15) is 0 Å². The lowest BCUT2D eigenvalue weighted by Crippen LogP contribution is -1.67. The molecule has 0 fully saturated rings. The second-order valence-corrected chi connectivity index (χ2v) is 3.74. The summed E-state index contributed by atoms with van der Waals surface area (Å²) in [5, 5.41) is 3.11. The molecule has 3 aromatic rings. The molecular weight excluding hydrogens is 194 g/mol. The Morgan fingerprint density at radius 2 is 1.64 bits per heavy atom. The average molecular weight is 202 g/mol. The molecule has 0 aliphatic carbocycles. The highest BCUT2D eigenvalue weighted by Crippen LogP contribution is 2.30. The van der Waals surface area contributed by atoms with Gasteiger partial charge in [-0.1, -0.05) is 35.9 Å². The van der Waals surface area contributed by atoms with Crippen LogP contribution in [0.5, 0.6) is 0 Å². The van der Waals surface area contributed by atoms with Crippen LogP contribution in [0.2, 0.25) is 5.02 Å². The number of rotatable bonds is 0. The van der Waals surface area contributed by atoms with Crippen molar-refractivity contribution in [1.29, 1.82) is 0 Å². The van der Waals surface area contributed by atoms with E-state index in [1.807, 2.05) is 30.3 Å². The summed E-state index contributed by atoms with van der Waals surface area (Å²) in [4.78, 5) is 3.33. The monoisotopic (exact) mass is 201 g/mol. The number of fused-ring (bicyclic) bond motifs is 3. The minimum absolute atomic E-state index is 0.806. The van der Waals surface area contributed by atoms with Crippen LogP contribution < -0.4 is 0 Å². The number of benzene rings is 2. The molecule has 1 aromatic heterocycles. The summed E-state index contributed by atoms with van der Waals surface area (Å²) in [7, 11) is 0. The van der Waals surface area contributed by atoms with Gasteiger partial charge in [0.2, 0.25) is 0 Å². The molecule has 3 rings (SSSR count). The van der Waals surface area contributed by atoms with E-state index in [0.29, 0.717) is 0 Å². The van der Waals surface area contributed by atoms with Crippen molar-refractivity contribution in [2.24, 2.45) is 0 Å². The fourth-order valence-corrected chi connectivity index (χ4v) is 2.13. The number of nitrogens with one attached hydrogen (secondary N) is 1. The molecule has 2 heteroatoms. The standard InChI is InChI=1S/C12H8ClN/c13-9-5-3-7-11-12(9)8-4-1-2-6-10(8)14-11/h1-7,14H. The maximum Gasteiger partial charge on any atom is 0.0506 e. The van der Waals surface area contributed by atoms with Crippen molar-refractivity contribution in [2.45, 2.75) is 0 Å². The van der Waals surface area contributed by atoms with Crippen LogP contribution in [0, 0.1) is 0 Å². The Kier molecular flexibility index (Phi) is 1.55. The second kappa shape index (κ2) is 2.76. The Labute approximate surface area is 86.3 Å². The fourth-order valence-electron chi connectivity index (χ4n) is 1.86. The first kappa shape index (κ1) is 7.89. The van der Waals surface area contributed by atoms with Gasteiger partial charge in [-0.3, -0.25) is 0 Å². The molecule has 0 unspecified atom stereocenters. The lowest BCUT2D eigenvalue weighted by atomic mass is 10.1. The molecule has 0 atom stereocenters. The number of aromatic amines is 1. The van der Waals surface area contributed by atoms with E-state index in [1.54, 1.807) is 0 Å². The number of hydrogen-bond donors (Lipinski definition) is 1. The van der Waals surface area contributed by atoms with Crippen LogP contribution in [0.15, 0.2) is 42.5 Å². The highest BCUT2D eigenvalue weighted by atomic mass is 35.5. The summed E-state index contributed by atoms with van der Waals surface area (Å²) in [5.74, 6) is 0. The number of hydrogen-bond acceptors (Lipinski definition) is 0. The third-order valence-electron chi connectivity index (χ3n) is 2.48. The molecule has 0 saturated heterocycles. The number of para-hydroxylation sites is 1. The molecule has 0 aliphatic rings. The Hall–Kier alpha value is -1.47. The van der Waals surface area contributed by atoms with Crippen LogP contribution in [0.1, 0.15) is 0 Å². The number of aromatic nitrogens is 1. The van der Waals surface area contributed by atoms with Gasteiger partial charge < -0.3 is 4.98 Å². The summed E-state index contributed by atoms with van der Waals surface area (Å²) in [6.45, 7) is 0. The van der Waals surface area contributed by atoms with Crippen LogP contribution in [0.25, 0.3) is 21.8 Å². The zero-order valence-electron chi connectivity index (χ0n) is 7.42. The largest absolute Gasteiger partial charge is 0.354 e. The van der Waals surface area contributed by atoms with Gasteiger partial charge >= 0.3 is 0 Å². The highest BCUT2D eigenvalue weighted by molar-refractivity contribution is 6.37. The van der Waals surface area contributed by atoms with E-state index in [-0.39, 0.29) is 0 Å². The van der Waals surface area contributed by atoms with E-state index >= 15 is 0 Å². The average Bonchev–Trinajstić information content (AvgIpc) is 2.57. The minimum Gasteiger partial charge on any atom is -0.354 e. The zero-order chi connectivity index (χ0) is 9.54. The van der Waals surface area contributed by atoms with Crippen LogP contribution in [-0.2, 0) is 0 Å². The molecule has 0 bridgehead atoms. The summed E-state index contributed by atoms with van der Waals surface area (Å²) < 4.78 is 0. The number of H-pyrrole nitrogens is 1. The van der Waals surface area contributed by atoms with E-state index in [2.05, 4.69) is 17.1 Å². The quantitative estimate of drug-likeness (QED) is 0.567. The van der Waals surface area contributed by atoms with Crippen LogP contribution in [-0.4, -0.2) is 4.98 Å². The summed E-state index contributed by atoms with van der Waals surface area (Å²) in [6, 6.07) is 14.1. The Balaban J connectivity index is 2.65. The molecule has 1 heterocycles. The molecule has 2 aromatic carbocycles. The van der Waals surface area contributed by atoms with E-state index in [0.717, 1.165) is 21.4 Å². The van der Waals surface area contributed by atoms with Gasteiger partial charge in [0.1, 0.15) is 0 Å². The predicted molar refractivity (Wildman–Crippen MR) is 60.8 cm³/mol. The molecule has 0 spiro atoms. The summed E-state index contributed by atoms with van der Waals surface area (Å²) >= 11 is 6.16. The first-order chi connectivity index (χ1) is 6.86. The normalized spacial score (nSPS) is 11.2. The second-order valence-electron chi connectivity index (χ2n) is 3.33.